The van der Waals surface area contributed by atoms with Gasteiger partial charge in [0.2, 0.25) is 15.9 Å². The topological polar surface area (TPSA) is 78.5 Å². The molecule has 0 radical (unpaired) electrons. The van der Waals surface area contributed by atoms with E-state index >= 15 is 0 Å². The van der Waals surface area contributed by atoms with Crippen molar-refractivity contribution in [3.63, 3.8) is 0 Å². The maximum Gasteiger partial charge on any atom is 0.243 e. The van der Waals surface area contributed by atoms with Gasteiger partial charge in [-0.15, -0.1) is 0 Å². The Morgan fingerprint density at radius 1 is 1.15 bits per heavy atom. The zero-order valence-electron chi connectivity index (χ0n) is 15.7. The summed E-state index contributed by atoms with van der Waals surface area (Å²) >= 11 is 0. The van der Waals surface area contributed by atoms with Crippen LogP contribution >= 0.6 is 0 Å². The molecule has 148 valence electrons. The zero-order chi connectivity index (χ0) is 18.9. The first-order valence-electron chi connectivity index (χ1n) is 10.2. The van der Waals surface area contributed by atoms with E-state index in [2.05, 4.69) is 10.6 Å². The second-order valence-corrected chi connectivity index (χ2v) is 9.99. The van der Waals surface area contributed by atoms with Crippen molar-refractivity contribution in [2.24, 2.45) is 5.92 Å². The number of nitrogens with one attached hydrogen (secondary N) is 2. The van der Waals surface area contributed by atoms with Gasteiger partial charge in [0.15, 0.2) is 0 Å². The van der Waals surface area contributed by atoms with Crippen LogP contribution in [0.3, 0.4) is 0 Å². The summed E-state index contributed by atoms with van der Waals surface area (Å²) in [6.07, 6.45) is 6.85. The second kappa shape index (κ2) is 7.89. The first kappa shape index (κ1) is 18.9. The largest absolute Gasteiger partial charge is 0.354 e. The van der Waals surface area contributed by atoms with Crippen LogP contribution in [0, 0.1) is 5.92 Å². The highest BCUT2D eigenvalue weighted by Gasteiger charge is 2.31. The fraction of sp³-hybridized carbons (Fsp3) is 0.650. The predicted octanol–water partition coefficient (Wildman–Crippen LogP) is 1.44. The molecule has 4 rings (SSSR count). The van der Waals surface area contributed by atoms with Crippen LogP contribution in [0.1, 0.15) is 43.2 Å². The van der Waals surface area contributed by atoms with Crippen LogP contribution in [0.15, 0.2) is 23.1 Å². The number of benzene rings is 1. The Hall–Kier alpha value is -1.44. The van der Waals surface area contributed by atoms with Crippen molar-refractivity contribution in [3.05, 3.63) is 29.3 Å². The summed E-state index contributed by atoms with van der Waals surface area (Å²) in [6, 6.07) is 5.52. The molecule has 0 bridgehead atoms. The van der Waals surface area contributed by atoms with Crippen LogP contribution in [0.4, 0.5) is 0 Å². The number of hydrogen-bond donors (Lipinski definition) is 2. The lowest BCUT2D eigenvalue weighted by atomic mass is 9.99. The van der Waals surface area contributed by atoms with Gasteiger partial charge in [0.1, 0.15) is 0 Å². The van der Waals surface area contributed by atoms with Crippen molar-refractivity contribution < 1.29 is 13.2 Å². The van der Waals surface area contributed by atoms with Crippen LogP contribution in [0.2, 0.25) is 0 Å². The molecule has 3 aliphatic rings. The highest BCUT2D eigenvalue weighted by molar-refractivity contribution is 7.89. The lowest BCUT2D eigenvalue weighted by Crippen LogP contribution is -2.46. The predicted molar refractivity (Wildman–Crippen MR) is 104 cm³/mol. The molecule has 2 N–H and O–H groups in total. The molecule has 1 amide bonds. The maximum atomic E-state index is 13.1. The molecule has 2 fully saturated rings. The van der Waals surface area contributed by atoms with E-state index in [0.717, 1.165) is 51.5 Å². The molecule has 2 saturated heterocycles. The third-order valence-electron chi connectivity index (χ3n) is 6.13. The molecule has 2 atom stereocenters. The fourth-order valence-electron chi connectivity index (χ4n) is 4.55. The van der Waals surface area contributed by atoms with Crippen LogP contribution in [0.5, 0.6) is 0 Å². The summed E-state index contributed by atoms with van der Waals surface area (Å²) in [5.74, 6) is 0.222. The standard InChI is InChI=1S/C20H29N3O3S/c24-20(19-7-2-10-21-19)22-13-15-4-3-11-23(14-15)27(25,26)18-9-8-16-5-1-6-17(16)12-18/h8-9,12,15,19,21H,1-7,10-11,13-14H2,(H,22,24). The molecular weight excluding hydrogens is 362 g/mol. The average molecular weight is 392 g/mol. The normalized spacial score (nSPS) is 26.1. The molecular formula is C20H29N3O3S. The average Bonchev–Trinajstić information content (AvgIpc) is 3.37. The van der Waals surface area contributed by atoms with Crippen LogP contribution in [-0.2, 0) is 27.7 Å². The Kier molecular flexibility index (Phi) is 5.53. The number of rotatable bonds is 5. The van der Waals surface area contributed by atoms with Gasteiger partial charge in [-0.3, -0.25) is 4.79 Å². The van der Waals surface area contributed by atoms with E-state index in [-0.39, 0.29) is 17.9 Å². The molecule has 2 heterocycles. The number of amides is 1. The van der Waals surface area contributed by atoms with Gasteiger partial charge in [-0.25, -0.2) is 8.42 Å². The van der Waals surface area contributed by atoms with Crippen molar-refractivity contribution in [2.75, 3.05) is 26.2 Å². The van der Waals surface area contributed by atoms with Gasteiger partial charge in [0.25, 0.3) is 0 Å². The number of carbonyl (C=O) groups excluding carboxylic acids is 1. The first-order chi connectivity index (χ1) is 13.0. The monoisotopic (exact) mass is 391 g/mol. The number of nitrogens with zero attached hydrogens (tertiary/aromatic N) is 1. The summed E-state index contributed by atoms with van der Waals surface area (Å²) in [4.78, 5) is 12.6. The minimum absolute atomic E-state index is 0.0473. The molecule has 0 saturated carbocycles. The molecule has 7 heteroatoms. The third-order valence-corrected chi connectivity index (χ3v) is 7.99. The molecule has 1 aromatic rings. The number of fused-ring (bicyclic) bond motifs is 1. The van der Waals surface area contributed by atoms with Gasteiger partial charge in [-0.05, 0) is 80.7 Å². The number of sulfonamides is 1. The van der Waals surface area contributed by atoms with Gasteiger partial charge >= 0.3 is 0 Å². The number of hydrogen-bond acceptors (Lipinski definition) is 4. The molecule has 27 heavy (non-hydrogen) atoms. The Labute approximate surface area is 161 Å². The van der Waals surface area contributed by atoms with Gasteiger partial charge in [0, 0.05) is 19.6 Å². The first-order valence-corrected chi connectivity index (χ1v) is 11.6. The van der Waals surface area contributed by atoms with E-state index in [9.17, 15) is 13.2 Å². The van der Waals surface area contributed by atoms with E-state index < -0.39 is 10.0 Å². The summed E-state index contributed by atoms with van der Waals surface area (Å²) in [7, 11) is -3.46. The summed E-state index contributed by atoms with van der Waals surface area (Å²) in [5.41, 5.74) is 2.47. The van der Waals surface area contributed by atoms with Gasteiger partial charge in [-0.2, -0.15) is 4.31 Å². The minimum atomic E-state index is -3.46. The lowest BCUT2D eigenvalue weighted by Gasteiger charge is -2.32. The van der Waals surface area contributed by atoms with Crippen LogP contribution < -0.4 is 10.6 Å². The highest BCUT2D eigenvalue weighted by atomic mass is 32.2. The van der Waals surface area contributed by atoms with Crippen LogP contribution in [-0.4, -0.2) is 50.9 Å². The van der Waals surface area contributed by atoms with E-state index in [1.807, 2.05) is 12.1 Å². The SMILES string of the molecule is O=C(NCC1CCCN(S(=O)(=O)c2ccc3c(c2)CCC3)C1)C1CCCN1. The third kappa shape index (κ3) is 4.05. The summed E-state index contributed by atoms with van der Waals surface area (Å²) in [5, 5.41) is 6.22. The molecule has 6 nitrogen and oxygen atoms in total. The number of aryl methyl sites for hydroxylation is 2. The Balaban J connectivity index is 1.39. The minimum Gasteiger partial charge on any atom is -0.354 e. The van der Waals surface area contributed by atoms with E-state index in [0.29, 0.717) is 24.5 Å². The van der Waals surface area contributed by atoms with E-state index in [1.165, 1.54) is 11.1 Å². The molecule has 2 aliphatic heterocycles. The van der Waals surface area contributed by atoms with Crippen molar-refractivity contribution >= 4 is 15.9 Å². The van der Waals surface area contributed by atoms with Crippen LogP contribution in [0.25, 0.3) is 0 Å². The second-order valence-electron chi connectivity index (χ2n) is 8.05. The van der Waals surface area contributed by atoms with Gasteiger partial charge < -0.3 is 10.6 Å². The number of carbonyl (C=O) groups is 1. The van der Waals surface area contributed by atoms with Crippen molar-refractivity contribution in [3.8, 4) is 0 Å². The quantitative estimate of drug-likeness (QED) is 0.796. The zero-order valence-corrected chi connectivity index (χ0v) is 16.6. The molecule has 1 aromatic carbocycles. The maximum absolute atomic E-state index is 13.1. The summed E-state index contributed by atoms with van der Waals surface area (Å²) in [6.45, 7) is 2.49. The van der Waals surface area contributed by atoms with E-state index in [4.69, 9.17) is 0 Å². The van der Waals surface area contributed by atoms with Crippen molar-refractivity contribution in [1.82, 2.24) is 14.9 Å². The smallest absolute Gasteiger partial charge is 0.243 e. The van der Waals surface area contributed by atoms with E-state index in [1.54, 1.807) is 10.4 Å². The van der Waals surface area contributed by atoms with Gasteiger partial charge in [0.05, 0.1) is 10.9 Å². The molecule has 0 aromatic heterocycles. The molecule has 2 unspecified atom stereocenters. The lowest BCUT2D eigenvalue weighted by molar-refractivity contribution is -0.123. The Morgan fingerprint density at radius 3 is 2.81 bits per heavy atom. The highest BCUT2D eigenvalue weighted by Crippen LogP contribution is 2.28. The van der Waals surface area contributed by atoms with Crippen molar-refractivity contribution in [2.45, 2.75) is 55.9 Å². The molecule has 1 aliphatic carbocycles. The fourth-order valence-corrected chi connectivity index (χ4v) is 6.15. The summed E-state index contributed by atoms with van der Waals surface area (Å²) < 4.78 is 27.8. The van der Waals surface area contributed by atoms with Crippen molar-refractivity contribution in [1.29, 1.82) is 0 Å². The Morgan fingerprint density at radius 2 is 2.00 bits per heavy atom. The Bertz CT molecular complexity index is 803. The number of piperidine rings is 1. The molecule has 0 spiro atoms. The van der Waals surface area contributed by atoms with Gasteiger partial charge in [-0.1, -0.05) is 6.07 Å².